The second kappa shape index (κ2) is 7.06. The number of benzene rings is 2. The van der Waals surface area contributed by atoms with E-state index in [1.165, 1.54) is 0 Å². The first-order valence-electron chi connectivity index (χ1n) is 8.33. The summed E-state index contributed by atoms with van der Waals surface area (Å²) >= 11 is 12.0. The summed E-state index contributed by atoms with van der Waals surface area (Å²) in [5, 5.41) is 3.69. The van der Waals surface area contributed by atoms with Gasteiger partial charge in [0.1, 0.15) is 5.65 Å². The Morgan fingerprint density at radius 1 is 1.04 bits per heavy atom. The van der Waals surface area contributed by atoms with Gasteiger partial charge in [0.2, 0.25) is 0 Å². The monoisotopic (exact) mass is 395 g/mol. The second-order valence-electron chi connectivity index (χ2n) is 6.18. The molecule has 4 rings (SSSR count). The van der Waals surface area contributed by atoms with Crippen molar-refractivity contribution in [2.45, 2.75) is 6.92 Å². The van der Waals surface area contributed by atoms with Crippen molar-refractivity contribution in [1.82, 2.24) is 9.38 Å². The van der Waals surface area contributed by atoms with E-state index in [4.69, 9.17) is 28.2 Å². The molecular weight excluding hydrogens is 381 g/mol. The number of hydrogen-bond acceptors (Lipinski definition) is 2. The number of nitrogens with zero attached hydrogens (tertiary/aromatic N) is 2. The van der Waals surface area contributed by atoms with Crippen molar-refractivity contribution in [2.75, 3.05) is 5.32 Å². The predicted octanol–water partition coefficient (Wildman–Crippen LogP) is 5.87. The number of anilines is 1. The fourth-order valence-corrected chi connectivity index (χ4v) is 3.23. The maximum Gasteiger partial charge on any atom is 0.255 e. The molecule has 27 heavy (non-hydrogen) atoms. The van der Waals surface area contributed by atoms with Gasteiger partial charge in [0.05, 0.1) is 21.4 Å². The molecule has 0 saturated heterocycles. The van der Waals surface area contributed by atoms with Crippen molar-refractivity contribution in [3.05, 3.63) is 88.2 Å². The second-order valence-corrected chi connectivity index (χ2v) is 6.99. The summed E-state index contributed by atoms with van der Waals surface area (Å²) in [5.74, 6) is -0.263. The van der Waals surface area contributed by atoms with Crippen LogP contribution >= 0.6 is 23.2 Å². The summed E-state index contributed by atoms with van der Waals surface area (Å²) in [6.07, 6.45) is 3.90. The molecule has 2 aromatic carbocycles. The Labute approximate surface area is 166 Å². The van der Waals surface area contributed by atoms with E-state index in [9.17, 15) is 4.79 Å². The molecule has 0 spiro atoms. The maximum absolute atomic E-state index is 12.6. The van der Waals surface area contributed by atoms with E-state index < -0.39 is 0 Å². The number of carbonyl (C=O) groups is 1. The molecule has 1 amide bonds. The first-order valence-corrected chi connectivity index (χ1v) is 9.08. The van der Waals surface area contributed by atoms with Gasteiger partial charge in [-0.25, -0.2) is 4.98 Å². The van der Waals surface area contributed by atoms with Gasteiger partial charge >= 0.3 is 0 Å². The highest BCUT2D eigenvalue weighted by molar-refractivity contribution is 6.42. The lowest BCUT2D eigenvalue weighted by Crippen LogP contribution is -2.12. The molecule has 134 valence electrons. The number of nitrogens with one attached hydrogen (secondary N) is 1. The molecule has 0 saturated carbocycles. The number of hydrogen-bond donors (Lipinski definition) is 1. The summed E-state index contributed by atoms with van der Waals surface area (Å²) in [5.41, 5.74) is 4.71. The zero-order valence-electron chi connectivity index (χ0n) is 14.4. The van der Waals surface area contributed by atoms with Gasteiger partial charge in [-0.15, -0.1) is 0 Å². The number of aryl methyl sites for hydroxylation is 1. The first kappa shape index (κ1) is 17.6. The Hall–Kier alpha value is -2.82. The molecule has 4 aromatic rings. The standard InChI is InChI=1S/C21H15Cl2N3O/c1-13-5-4-10-26-12-19(24-20(13)26)15-6-2-3-7-18(15)25-21(27)14-8-9-16(22)17(23)11-14/h2-12H,1H3,(H,25,27). The van der Waals surface area contributed by atoms with Gasteiger partial charge in [-0.05, 0) is 42.8 Å². The molecule has 0 atom stereocenters. The van der Waals surface area contributed by atoms with Gasteiger partial charge in [0.25, 0.3) is 5.91 Å². The van der Waals surface area contributed by atoms with E-state index in [-0.39, 0.29) is 5.91 Å². The zero-order valence-corrected chi connectivity index (χ0v) is 15.9. The molecule has 0 aliphatic carbocycles. The Morgan fingerprint density at radius 3 is 2.63 bits per heavy atom. The number of rotatable bonds is 3. The fourth-order valence-electron chi connectivity index (χ4n) is 2.93. The average molecular weight is 396 g/mol. The molecule has 2 heterocycles. The van der Waals surface area contributed by atoms with Crippen LogP contribution in [0.3, 0.4) is 0 Å². The molecule has 0 aliphatic rings. The number of fused-ring (bicyclic) bond motifs is 1. The minimum absolute atomic E-state index is 0.263. The molecular formula is C21H15Cl2N3O. The van der Waals surface area contributed by atoms with Crippen LogP contribution in [-0.2, 0) is 0 Å². The fraction of sp³-hybridized carbons (Fsp3) is 0.0476. The third kappa shape index (κ3) is 3.42. The van der Waals surface area contributed by atoms with Crippen molar-refractivity contribution in [2.24, 2.45) is 0 Å². The third-order valence-electron chi connectivity index (χ3n) is 4.31. The molecule has 4 nitrogen and oxygen atoms in total. The van der Waals surface area contributed by atoms with Gasteiger partial charge < -0.3 is 9.72 Å². The van der Waals surface area contributed by atoms with Gasteiger partial charge in [0, 0.05) is 23.5 Å². The van der Waals surface area contributed by atoms with Crippen molar-refractivity contribution < 1.29 is 4.79 Å². The molecule has 0 bridgehead atoms. The average Bonchev–Trinajstić information content (AvgIpc) is 3.10. The molecule has 0 radical (unpaired) electrons. The summed E-state index contributed by atoms with van der Waals surface area (Å²) in [6.45, 7) is 2.02. The number of para-hydroxylation sites is 1. The van der Waals surface area contributed by atoms with Crippen molar-refractivity contribution in [1.29, 1.82) is 0 Å². The van der Waals surface area contributed by atoms with E-state index >= 15 is 0 Å². The van der Waals surface area contributed by atoms with Crippen LogP contribution < -0.4 is 5.32 Å². The van der Waals surface area contributed by atoms with Crippen molar-refractivity contribution >= 4 is 40.4 Å². The number of halogens is 2. The lowest BCUT2D eigenvalue weighted by molar-refractivity contribution is 0.102. The highest BCUT2D eigenvalue weighted by Gasteiger charge is 2.14. The van der Waals surface area contributed by atoms with Crippen LogP contribution in [0.15, 0.2) is 67.0 Å². The van der Waals surface area contributed by atoms with E-state index in [1.54, 1.807) is 18.2 Å². The quantitative estimate of drug-likeness (QED) is 0.471. The molecule has 0 fully saturated rings. The first-order chi connectivity index (χ1) is 13.0. The maximum atomic E-state index is 12.6. The molecule has 2 aromatic heterocycles. The third-order valence-corrected chi connectivity index (χ3v) is 5.05. The van der Waals surface area contributed by atoms with Crippen LogP contribution in [0.1, 0.15) is 15.9 Å². The largest absolute Gasteiger partial charge is 0.321 e. The Bertz CT molecular complexity index is 1170. The topological polar surface area (TPSA) is 46.4 Å². The summed E-state index contributed by atoms with van der Waals surface area (Å²) < 4.78 is 1.97. The highest BCUT2D eigenvalue weighted by Crippen LogP contribution is 2.29. The summed E-state index contributed by atoms with van der Waals surface area (Å²) in [6, 6.07) is 16.4. The minimum Gasteiger partial charge on any atom is -0.321 e. The lowest BCUT2D eigenvalue weighted by Gasteiger charge is -2.10. The van der Waals surface area contributed by atoms with Crippen LogP contribution in [0, 0.1) is 6.92 Å². The van der Waals surface area contributed by atoms with E-state index in [0.29, 0.717) is 21.3 Å². The predicted molar refractivity (Wildman–Crippen MR) is 110 cm³/mol. The summed E-state index contributed by atoms with van der Waals surface area (Å²) in [4.78, 5) is 17.4. The van der Waals surface area contributed by atoms with E-state index in [0.717, 1.165) is 22.5 Å². The number of imidazole rings is 1. The zero-order chi connectivity index (χ0) is 19.0. The Morgan fingerprint density at radius 2 is 1.85 bits per heavy atom. The van der Waals surface area contributed by atoms with Gasteiger partial charge in [-0.3, -0.25) is 4.79 Å². The van der Waals surface area contributed by atoms with E-state index in [1.807, 2.05) is 60.1 Å². The van der Waals surface area contributed by atoms with Crippen LogP contribution in [0.25, 0.3) is 16.9 Å². The molecule has 6 heteroatoms. The smallest absolute Gasteiger partial charge is 0.255 e. The normalized spacial score (nSPS) is 10.9. The van der Waals surface area contributed by atoms with Crippen LogP contribution in [0.5, 0.6) is 0 Å². The number of pyridine rings is 1. The van der Waals surface area contributed by atoms with Gasteiger partial charge in [-0.1, -0.05) is 47.5 Å². The number of amides is 1. The Kier molecular flexibility index (Phi) is 4.60. The molecule has 1 N–H and O–H groups in total. The highest BCUT2D eigenvalue weighted by atomic mass is 35.5. The van der Waals surface area contributed by atoms with E-state index in [2.05, 4.69) is 5.32 Å². The van der Waals surface area contributed by atoms with Gasteiger partial charge in [-0.2, -0.15) is 0 Å². The summed E-state index contributed by atoms with van der Waals surface area (Å²) in [7, 11) is 0. The van der Waals surface area contributed by atoms with Crippen molar-refractivity contribution in [3.8, 4) is 11.3 Å². The SMILES string of the molecule is Cc1cccn2cc(-c3ccccc3NC(=O)c3ccc(Cl)c(Cl)c3)nc12. The Balaban J connectivity index is 1.71. The molecule has 0 aliphatic heterocycles. The van der Waals surface area contributed by atoms with Crippen LogP contribution in [-0.4, -0.2) is 15.3 Å². The van der Waals surface area contributed by atoms with Gasteiger partial charge in [0.15, 0.2) is 0 Å². The van der Waals surface area contributed by atoms with Crippen LogP contribution in [0.2, 0.25) is 10.0 Å². The minimum atomic E-state index is -0.263. The lowest BCUT2D eigenvalue weighted by atomic mass is 10.1. The van der Waals surface area contributed by atoms with Crippen molar-refractivity contribution in [3.63, 3.8) is 0 Å². The molecule has 0 unspecified atom stereocenters. The van der Waals surface area contributed by atoms with Crippen LogP contribution in [0.4, 0.5) is 5.69 Å². The number of carbonyl (C=O) groups excluding carboxylic acids is 1. The number of aromatic nitrogens is 2.